The Balaban J connectivity index is 0.000000256. The number of imide groups is 4. The molecule has 0 bridgehead atoms. The lowest BCUT2D eigenvalue weighted by atomic mass is 10.2. The van der Waals surface area contributed by atoms with Gasteiger partial charge < -0.3 is 36.7 Å². The molecule has 0 radical (unpaired) electrons. The lowest BCUT2D eigenvalue weighted by Crippen LogP contribution is -2.39. The van der Waals surface area contributed by atoms with Gasteiger partial charge in [-0.1, -0.05) is 0 Å². The lowest BCUT2D eigenvalue weighted by molar-refractivity contribution is -0.138. The number of hydrogen-bond acceptors (Lipinski definition) is 20. The first-order valence-electron chi connectivity index (χ1n) is 21.6. The third kappa shape index (κ3) is 19.3. The van der Waals surface area contributed by atoms with Crippen molar-refractivity contribution in [2.45, 2.75) is 0 Å². The van der Waals surface area contributed by atoms with Gasteiger partial charge in [0.25, 0.3) is 59.1 Å². The third-order valence-electron chi connectivity index (χ3n) is 9.34. The molecule has 2 aromatic rings. The number of nitrogens with one attached hydrogen (secondary N) is 8. The monoisotopic (exact) mass is 1000 g/mol. The number of methoxy groups -OCH3 is 1. The number of hydrogen-bond donors (Lipinski definition) is 8. The molecule has 4 aliphatic rings. The van der Waals surface area contributed by atoms with Crippen molar-refractivity contribution in [3.05, 3.63) is 96.4 Å². The van der Waals surface area contributed by atoms with Gasteiger partial charge in [0.1, 0.15) is 24.8 Å². The molecule has 6 rings (SSSR count). The molecule has 0 fully saturated rings. The Hall–Kier alpha value is -8.86. The molecule has 0 unspecified atom stereocenters. The van der Waals surface area contributed by atoms with E-state index in [-0.39, 0.29) is 136 Å². The molecule has 0 saturated heterocycles. The van der Waals surface area contributed by atoms with Crippen LogP contribution in [0.15, 0.2) is 85.3 Å². The van der Waals surface area contributed by atoms with E-state index in [0.29, 0.717) is 22.8 Å². The van der Waals surface area contributed by atoms with Crippen molar-refractivity contribution in [1.29, 1.82) is 0 Å². The molecular formula is C44H54N14O14. The predicted molar refractivity (Wildman–Crippen MR) is 252 cm³/mol. The van der Waals surface area contributed by atoms with Crippen molar-refractivity contribution in [2.24, 2.45) is 0 Å². The summed E-state index contributed by atoms with van der Waals surface area (Å²) in [5.74, 6) is -2.79. The van der Waals surface area contributed by atoms with Crippen LogP contribution in [0.3, 0.4) is 0 Å². The van der Waals surface area contributed by atoms with Crippen molar-refractivity contribution in [1.82, 2.24) is 61.7 Å². The van der Waals surface area contributed by atoms with Crippen LogP contribution in [0.25, 0.3) is 0 Å². The molecule has 12 amide bonds. The van der Waals surface area contributed by atoms with Crippen molar-refractivity contribution in [3.63, 3.8) is 0 Å². The largest absolute Gasteiger partial charge is 0.375 e. The summed E-state index contributed by atoms with van der Waals surface area (Å²) in [5.41, 5.74) is 8.67. The van der Waals surface area contributed by atoms with Crippen LogP contribution in [-0.4, -0.2) is 194 Å². The molecule has 0 saturated carbocycles. The predicted octanol–water partition coefficient (Wildman–Crippen LogP) is -4.09. The summed E-state index contributed by atoms with van der Waals surface area (Å²) in [6.07, 6.45) is 12.6. The Morgan fingerprint density at radius 1 is 0.472 bits per heavy atom. The maximum Gasteiger partial charge on any atom is 0.253 e. The first-order valence-corrected chi connectivity index (χ1v) is 21.6. The Kier molecular flexibility index (Phi) is 24.4. The molecule has 6 heterocycles. The van der Waals surface area contributed by atoms with Crippen LogP contribution >= 0.6 is 0 Å². The fourth-order valence-corrected chi connectivity index (χ4v) is 5.76. The SMILES string of the molecule is CNNc1ccc(C(=O)NCCN2C(=O)C=CC2=O)cn1.CNOCC(=O)NCCN1C(=O)C=CC1=O.CNc1ccc(C(=O)NCCN2C(=O)C=CC2=O)cn1.COCC(=O)NCCN1C(=O)C=CC1=O. The van der Waals surface area contributed by atoms with Gasteiger partial charge in [-0.2, -0.15) is 0 Å². The van der Waals surface area contributed by atoms with E-state index >= 15 is 0 Å². The molecule has 4 aliphatic heterocycles. The summed E-state index contributed by atoms with van der Waals surface area (Å²) in [6, 6.07) is 6.60. The van der Waals surface area contributed by atoms with Crippen LogP contribution in [0.5, 0.6) is 0 Å². The van der Waals surface area contributed by atoms with E-state index in [0.717, 1.165) is 19.6 Å². The highest BCUT2D eigenvalue weighted by Crippen LogP contribution is 2.07. The average Bonchev–Trinajstić information content (AvgIpc) is 4.09. The summed E-state index contributed by atoms with van der Waals surface area (Å²) < 4.78 is 4.60. The lowest BCUT2D eigenvalue weighted by Gasteiger charge is -2.14. The molecule has 0 spiro atoms. The molecule has 8 N–H and O–H groups in total. The number of pyridine rings is 2. The first kappa shape index (κ1) is 57.5. The smallest absolute Gasteiger partial charge is 0.253 e. The number of hydrazine groups is 1. The van der Waals surface area contributed by atoms with Gasteiger partial charge in [0.2, 0.25) is 11.8 Å². The molecule has 28 heteroatoms. The standard InChI is InChI=1S/C13H15N5O3.C13H14N4O3.C9H13N3O4.C9H12N2O4/c1-14-17-10-3-2-9(8-16-10)13(21)15-6-7-18-11(19)4-5-12(18)20;1-14-10-3-2-9(8-16-10)13(20)15-6-7-17-11(18)4-5-12(17)19;1-10-16-6-7(13)11-4-5-12-8(14)2-3-9(12)15;1-15-6-7(12)10-4-5-11-8(13)2-3-9(11)14/h2-5,8,14H,6-7H2,1H3,(H,15,21)(H,16,17);2-5,8H,6-7H2,1H3,(H,14,16)(H,15,20);2-3,10H,4-6H2,1H3,(H,11,13);2-3H,4-6H2,1H3,(H,10,12). The molecule has 0 aromatic carbocycles. The third-order valence-corrected chi connectivity index (χ3v) is 9.34. The summed E-state index contributed by atoms with van der Waals surface area (Å²) in [7, 11) is 6.40. The number of carbonyl (C=O) groups is 12. The number of anilines is 2. The first-order chi connectivity index (χ1) is 34.5. The minimum Gasteiger partial charge on any atom is -0.375 e. The van der Waals surface area contributed by atoms with E-state index in [1.807, 2.05) is 0 Å². The summed E-state index contributed by atoms with van der Waals surface area (Å²) in [4.78, 5) is 152. The number of ether oxygens (including phenoxy) is 1. The van der Waals surface area contributed by atoms with Crippen LogP contribution in [0, 0.1) is 0 Å². The second-order valence-corrected chi connectivity index (χ2v) is 14.3. The highest BCUT2D eigenvalue weighted by molar-refractivity contribution is 6.14. The van der Waals surface area contributed by atoms with Crippen molar-refractivity contribution in [3.8, 4) is 0 Å². The highest BCUT2D eigenvalue weighted by Gasteiger charge is 2.25. The van der Waals surface area contributed by atoms with Crippen LogP contribution in [0.4, 0.5) is 11.6 Å². The van der Waals surface area contributed by atoms with Gasteiger partial charge in [-0.3, -0.25) is 82.0 Å². The van der Waals surface area contributed by atoms with Gasteiger partial charge in [-0.05, 0) is 24.3 Å². The van der Waals surface area contributed by atoms with Gasteiger partial charge in [0.15, 0.2) is 0 Å². The summed E-state index contributed by atoms with van der Waals surface area (Å²) >= 11 is 0. The minimum atomic E-state index is -0.363. The van der Waals surface area contributed by atoms with Gasteiger partial charge in [-0.15, -0.1) is 0 Å². The Bertz CT molecular complexity index is 2370. The zero-order valence-corrected chi connectivity index (χ0v) is 39.6. The highest BCUT2D eigenvalue weighted by atomic mass is 16.6. The fourth-order valence-electron chi connectivity index (χ4n) is 5.76. The van der Waals surface area contributed by atoms with E-state index < -0.39 is 0 Å². The average molecular weight is 1000 g/mol. The van der Waals surface area contributed by atoms with Crippen molar-refractivity contribution in [2.75, 3.05) is 105 Å². The van der Waals surface area contributed by atoms with E-state index in [9.17, 15) is 57.5 Å². The van der Waals surface area contributed by atoms with E-state index in [2.05, 4.69) is 62.5 Å². The number of amides is 12. The molecule has 72 heavy (non-hydrogen) atoms. The van der Waals surface area contributed by atoms with Gasteiger partial charge >= 0.3 is 0 Å². The second-order valence-electron chi connectivity index (χ2n) is 14.3. The summed E-state index contributed by atoms with van der Waals surface area (Å²) in [6.45, 7) is 1.33. The molecular weight excluding hydrogens is 949 g/mol. The molecule has 0 aliphatic carbocycles. The Morgan fingerprint density at radius 3 is 1.10 bits per heavy atom. The quantitative estimate of drug-likeness (QED) is 0.0411. The zero-order valence-electron chi connectivity index (χ0n) is 39.6. The van der Waals surface area contributed by atoms with Gasteiger partial charge in [-0.25, -0.2) is 20.9 Å². The Labute approximate surface area is 411 Å². The van der Waals surface area contributed by atoms with Crippen molar-refractivity contribution >= 4 is 82.5 Å². The maximum absolute atomic E-state index is 11.9. The van der Waals surface area contributed by atoms with Gasteiger partial charge in [0, 0.05) is 142 Å². The number of carbonyl (C=O) groups excluding carboxylic acids is 12. The van der Waals surface area contributed by atoms with E-state index in [4.69, 9.17) is 0 Å². The molecule has 0 atom stereocenters. The Morgan fingerprint density at radius 2 is 0.806 bits per heavy atom. The number of rotatable bonds is 22. The molecule has 2 aromatic heterocycles. The van der Waals surface area contributed by atoms with Gasteiger partial charge in [0.05, 0.1) is 11.1 Å². The number of hydroxylamine groups is 1. The topological polar surface area (TPSA) is 358 Å². The zero-order chi connectivity index (χ0) is 53.0. The van der Waals surface area contributed by atoms with Crippen LogP contribution in [0.2, 0.25) is 0 Å². The van der Waals surface area contributed by atoms with Crippen LogP contribution in [0.1, 0.15) is 20.7 Å². The minimum absolute atomic E-state index is 0.0276. The fraction of sp³-hybridized carbons (Fsp3) is 0.318. The van der Waals surface area contributed by atoms with Crippen molar-refractivity contribution < 1.29 is 67.1 Å². The molecule has 28 nitrogen and oxygen atoms in total. The number of aromatic nitrogens is 2. The number of nitrogens with zero attached hydrogens (tertiary/aromatic N) is 6. The van der Waals surface area contributed by atoms with Crippen LogP contribution < -0.4 is 42.9 Å². The normalized spacial score (nSPS) is 14.2. The second kappa shape index (κ2) is 30.6. The van der Waals surface area contributed by atoms with E-state index in [1.165, 1.54) is 68.1 Å². The molecule has 384 valence electrons. The maximum atomic E-state index is 11.9. The van der Waals surface area contributed by atoms with E-state index in [1.54, 1.807) is 45.4 Å². The van der Waals surface area contributed by atoms with Crippen LogP contribution in [-0.2, 0) is 57.5 Å². The summed E-state index contributed by atoms with van der Waals surface area (Å²) in [5, 5.41) is 13.1.